The minimum atomic E-state index is -3.68. The molecular formula is C21H23N3O4S2. The minimum Gasteiger partial charge on any atom is -0.496 e. The fourth-order valence-electron chi connectivity index (χ4n) is 4.12. The maximum atomic E-state index is 13.4. The largest absolute Gasteiger partial charge is 0.496 e. The summed E-state index contributed by atoms with van der Waals surface area (Å²) >= 11 is 1.26. The number of carbonyl (C=O) groups is 1. The van der Waals surface area contributed by atoms with Gasteiger partial charge in [-0.15, -0.1) is 11.3 Å². The van der Waals surface area contributed by atoms with E-state index in [0.717, 1.165) is 21.3 Å². The Bertz CT molecular complexity index is 1250. The van der Waals surface area contributed by atoms with Crippen molar-refractivity contribution in [2.24, 2.45) is 5.73 Å². The lowest BCUT2D eigenvalue weighted by molar-refractivity contribution is 0.100. The van der Waals surface area contributed by atoms with E-state index in [9.17, 15) is 13.2 Å². The van der Waals surface area contributed by atoms with Gasteiger partial charge in [0.1, 0.15) is 10.6 Å². The first-order valence-electron chi connectivity index (χ1n) is 9.56. The highest BCUT2D eigenvalue weighted by molar-refractivity contribution is 7.89. The molecule has 9 heteroatoms. The van der Waals surface area contributed by atoms with Crippen LogP contribution in [0.25, 0.3) is 10.2 Å². The number of benzene rings is 1. The number of hydrogen-bond acceptors (Lipinski definition) is 6. The molecule has 0 radical (unpaired) electrons. The average Bonchev–Trinajstić information content (AvgIpc) is 3.34. The molecule has 1 unspecified atom stereocenters. The highest BCUT2D eigenvalue weighted by Crippen LogP contribution is 2.40. The maximum Gasteiger partial charge on any atom is 0.259 e. The van der Waals surface area contributed by atoms with Gasteiger partial charge in [0.25, 0.3) is 5.91 Å². The average molecular weight is 446 g/mol. The first-order chi connectivity index (χ1) is 14.2. The summed E-state index contributed by atoms with van der Waals surface area (Å²) in [7, 11) is -2.11. The predicted octanol–water partition coefficient (Wildman–Crippen LogP) is 3.20. The van der Waals surface area contributed by atoms with Gasteiger partial charge in [-0.1, -0.05) is 6.07 Å². The van der Waals surface area contributed by atoms with Crippen molar-refractivity contribution in [2.45, 2.75) is 31.1 Å². The van der Waals surface area contributed by atoms with Crippen LogP contribution in [-0.2, 0) is 10.0 Å². The summed E-state index contributed by atoms with van der Waals surface area (Å²) in [6.45, 7) is 4.28. The number of nitrogens with two attached hydrogens (primary N) is 1. The topological polar surface area (TPSA) is 103 Å². The third kappa shape index (κ3) is 3.36. The normalized spacial score (nSPS) is 17.5. The van der Waals surface area contributed by atoms with Gasteiger partial charge in [0.15, 0.2) is 0 Å². The van der Waals surface area contributed by atoms with Crippen LogP contribution in [0.1, 0.15) is 38.7 Å². The molecule has 1 aliphatic heterocycles. The van der Waals surface area contributed by atoms with Crippen LogP contribution < -0.4 is 10.5 Å². The molecule has 1 aliphatic rings. The number of methoxy groups -OCH3 is 1. The quantitative estimate of drug-likeness (QED) is 0.650. The van der Waals surface area contributed by atoms with Crippen molar-refractivity contribution in [3.8, 4) is 5.75 Å². The van der Waals surface area contributed by atoms with Gasteiger partial charge in [-0.3, -0.25) is 4.79 Å². The Balaban J connectivity index is 1.71. The Morgan fingerprint density at radius 2 is 2.07 bits per heavy atom. The van der Waals surface area contributed by atoms with Crippen LogP contribution in [0, 0.1) is 13.8 Å². The Morgan fingerprint density at radius 1 is 1.30 bits per heavy atom. The third-order valence-corrected chi connectivity index (χ3v) is 8.75. The van der Waals surface area contributed by atoms with E-state index in [1.165, 1.54) is 15.6 Å². The highest BCUT2D eigenvalue weighted by atomic mass is 32.2. The summed E-state index contributed by atoms with van der Waals surface area (Å²) in [6.07, 6.45) is 2.29. The molecule has 1 atom stereocenters. The Labute approximate surface area is 179 Å². The zero-order valence-corrected chi connectivity index (χ0v) is 18.6. The van der Waals surface area contributed by atoms with Crippen molar-refractivity contribution >= 4 is 37.5 Å². The fourth-order valence-corrected chi connectivity index (χ4v) is 7.00. The number of fused-ring (bicyclic) bond motifs is 1. The van der Waals surface area contributed by atoms with E-state index in [0.29, 0.717) is 35.7 Å². The molecule has 0 saturated carbocycles. The zero-order chi connectivity index (χ0) is 21.6. The minimum absolute atomic E-state index is 0.111. The highest BCUT2D eigenvalue weighted by Gasteiger charge is 2.37. The molecule has 0 aliphatic carbocycles. The van der Waals surface area contributed by atoms with E-state index in [4.69, 9.17) is 10.5 Å². The second-order valence-corrected chi connectivity index (χ2v) is 10.4. The maximum absolute atomic E-state index is 13.4. The summed E-state index contributed by atoms with van der Waals surface area (Å²) in [6, 6.07) is 7.14. The second kappa shape index (κ2) is 7.64. The number of thiophene rings is 1. The molecule has 2 aromatic heterocycles. The van der Waals surface area contributed by atoms with Crippen molar-refractivity contribution in [1.82, 2.24) is 9.29 Å². The van der Waals surface area contributed by atoms with E-state index in [1.807, 2.05) is 19.1 Å². The molecule has 1 amide bonds. The Hall–Kier alpha value is -2.49. The van der Waals surface area contributed by atoms with Crippen molar-refractivity contribution < 1.29 is 17.9 Å². The van der Waals surface area contributed by atoms with Gasteiger partial charge in [-0.2, -0.15) is 4.31 Å². The lowest BCUT2D eigenvalue weighted by Gasteiger charge is -2.19. The molecule has 3 heterocycles. The second-order valence-electron chi connectivity index (χ2n) is 7.50. The predicted molar refractivity (Wildman–Crippen MR) is 117 cm³/mol. The number of nitrogens with zero attached hydrogens (tertiary/aromatic N) is 2. The number of hydrogen-bond donors (Lipinski definition) is 1. The van der Waals surface area contributed by atoms with Gasteiger partial charge in [0.05, 0.1) is 16.9 Å². The number of pyridine rings is 1. The van der Waals surface area contributed by atoms with Crippen LogP contribution in [0.15, 0.2) is 35.4 Å². The molecule has 4 rings (SSSR count). The van der Waals surface area contributed by atoms with Crippen LogP contribution >= 0.6 is 11.3 Å². The van der Waals surface area contributed by atoms with Gasteiger partial charge in [0.2, 0.25) is 10.0 Å². The van der Waals surface area contributed by atoms with Gasteiger partial charge >= 0.3 is 0 Å². The molecule has 1 aromatic carbocycles. The van der Waals surface area contributed by atoms with Gasteiger partial charge in [0, 0.05) is 30.6 Å². The van der Waals surface area contributed by atoms with Crippen LogP contribution in [0.4, 0.5) is 0 Å². The van der Waals surface area contributed by atoms with Gasteiger partial charge < -0.3 is 10.5 Å². The number of rotatable bonds is 5. The molecule has 0 bridgehead atoms. The summed E-state index contributed by atoms with van der Waals surface area (Å²) in [5.74, 6) is 0.0462. The number of aromatic nitrogens is 1. The molecule has 1 saturated heterocycles. The molecule has 7 nitrogen and oxygen atoms in total. The molecule has 1 fully saturated rings. The third-order valence-electron chi connectivity index (χ3n) is 5.60. The molecule has 0 spiro atoms. The van der Waals surface area contributed by atoms with Crippen molar-refractivity contribution in [3.63, 3.8) is 0 Å². The molecule has 2 N–H and O–H groups in total. The summed E-state index contributed by atoms with van der Waals surface area (Å²) in [5.41, 5.74) is 7.85. The van der Waals surface area contributed by atoms with Crippen LogP contribution in [0.3, 0.4) is 0 Å². The lowest BCUT2D eigenvalue weighted by atomic mass is 9.96. The molecule has 158 valence electrons. The van der Waals surface area contributed by atoms with E-state index in [-0.39, 0.29) is 10.8 Å². The molecule has 30 heavy (non-hydrogen) atoms. The number of carbonyl (C=O) groups excluding carboxylic acids is 1. The zero-order valence-electron chi connectivity index (χ0n) is 17.0. The fraction of sp³-hybridized carbons (Fsp3) is 0.333. The molecule has 3 aromatic rings. The SMILES string of the molecule is COc1cc(C)c(S(=O)(=O)N2CCC(c3c(C(N)=O)sc4ncccc34)C2)cc1C. The first-order valence-corrected chi connectivity index (χ1v) is 11.8. The van der Waals surface area contributed by atoms with Gasteiger partial charge in [-0.05, 0) is 55.2 Å². The van der Waals surface area contributed by atoms with Crippen molar-refractivity contribution in [3.05, 3.63) is 52.0 Å². The first kappa shape index (κ1) is 20.8. The van der Waals surface area contributed by atoms with E-state index in [2.05, 4.69) is 4.98 Å². The van der Waals surface area contributed by atoms with E-state index >= 15 is 0 Å². The standard InChI is InChI=1S/C21H23N3O4S2/c1-12-10-17(13(2)9-16(12)28-3)30(26,27)24-8-6-14(11-24)18-15-5-4-7-23-21(15)29-19(18)20(22)25/h4-5,7,9-10,14H,6,8,11H2,1-3H3,(H2,22,25). The van der Waals surface area contributed by atoms with E-state index in [1.54, 1.807) is 32.4 Å². The van der Waals surface area contributed by atoms with E-state index < -0.39 is 15.9 Å². The number of primary amides is 1. The van der Waals surface area contributed by atoms with Crippen molar-refractivity contribution in [2.75, 3.05) is 20.2 Å². The lowest BCUT2D eigenvalue weighted by Crippen LogP contribution is -2.29. The summed E-state index contributed by atoms with van der Waals surface area (Å²) in [4.78, 5) is 17.9. The number of sulfonamides is 1. The molecular weight excluding hydrogens is 422 g/mol. The van der Waals surface area contributed by atoms with Crippen molar-refractivity contribution in [1.29, 1.82) is 0 Å². The Morgan fingerprint density at radius 3 is 2.77 bits per heavy atom. The Kier molecular flexibility index (Phi) is 5.29. The summed E-state index contributed by atoms with van der Waals surface area (Å²) < 4.78 is 33.6. The van der Waals surface area contributed by atoms with Crippen LogP contribution in [0.2, 0.25) is 0 Å². The number of amides is 1. The van der Waals surface area contributed by atoms with Crippen LogP contribution in [0.5, 0.6) is 5.75 Å². The number of aryl methyl sites for hydroxylation is 2. The smallest absolute Gasteiger partial charge is 0.259 e. The monoisotopic (exact) mass is 445 g/mol. The summed E-state index contributed by atoms with van der Waals surface area (Å²) in [5, 5.41) is 0.872. The van der Waals surface area contributed by atoms with Gasteiger partial charge in [-0.25, -0.2) is 13.4 Å². The van der Waals surface area contributed by atoms with Crippen LogP contribution in [-0.4, -0.2) is 43.8 Å². The number of ether oxygens (including phenoxy) is 1.